The van der Waals surface area contributed by atoms with E-state index in [1.54, 1.807) is 160 Å². The minimum atomic E-state index is -4.50. The van der Waals surface area contributed by atoms with E-state index in [2.05, 4.69) is 65.1 Å². The van der Waals surface area contributed by atoms with E-state index < -0.39 is 35.4 Å². The number of aliphatic hydroxyl groups is 8. The van der Waals surface area contributed by atoms with Gasteiger partial charge in [-0.15, -0.1) is 119 Å². The summed E-state index contributed by atoms with van der Waals surface area (Å²) in [7, 11) is 2.68. The van der Waals surface area contributed by atoms with E-state index in [1.165, 1.54) is 56.7 Å². The topological polar surface area (TPSA) is 346 Å². The van der Waals surface area contributed by atoms with E-state index in [4.69, 9.17) is 72.1 Å². The quantitative estimate of drug-likeness (QED) is 0.0225. The van der Waals surface area contributed by atoms with Gasteiger partial charge in [-0.05, 0) is 205 Å². The van der Waals surface area contributed by atoms with Crippen molar-refractivity contribution < 1.29 is 175 Å². The van der Waals surface area contributed by atoms with Gasteiger partial charge in [0.05, 0.1) is 126 Å². The number of ether oxygens (including phenoxy) is 2. The van der Waals surface area contributed by atoms with Crippen LogP contribution < -0.4 is 0 Å². The van der Waals surface area contributed by atoms with E-state index in [1.807, 2.05) is 52.8 Å². The molecule has 0 aliphatic heterocycles. The molecule has 133 heavy (non-hydrogen) atoms. The first-order valence-electron chi connectivity index (χ1n) is 40.4. The Morgan fingerprint density at radius 3 is 0.962 bits per heavy atom. The smallest absolute Gasteiger partial charge is 0.416 e. The number of carbonyl (C=O) groups excluding carboxylic acids is 2. The number of rotatable bonds is 18. The number of benzene rings is 8. The molecule has 0 fully saturated rings. The summed E-state index contributed by atoms with van der Waals surface area (Å²) < 4.78 is 112. The van der Waals surface area contributed by atoms with Crippen LogP contribution in [0, 0.1) is 102 Å². The average Bonchev–Trinajstić information content (AvgIpc) is 0.806. The maximum Gasteiger partial charge on any atom is 0.416 e. The number of halogens is 8. The number of nitriles is 1. The van der Waals surface area contributed by atoms with Crippen molar-refractivity contribution in [3.63, 3.8) is 0 Å². The van der Waals surface area contributed by atoms with Gasteiger partial charge in [0, 0.05) is 138 Å². The van der Waals surface area contributed by atoms with Crippen molar-refractivity contribution in [1.82, 2.24) is 39.9 Å². The van der Waals surface area contributed by atoms with Gasteiger partial charge in [0.1, 0.15) is 5.82 Å². The van der Waals surface area contributed by atoms with Gasteiger partial charge in [-0.2, -0.15) is 26.3 Å². The molecule has 4 aromatic heterocycles. The van der Waals surface area contributed by atoms with Crippen molar-refractivity contribution in [3.05, 3.63) is 291 Å². The fourth-order valence-electron chi connectivity index (χ4n) is 11.6. The molecule has 0 bridgehead atoms. The number of aryl methyl sites for hydroxylation is 7. The van der Waals surface area contributed by atoms with Gasteiger partial charge in [-0.3, -0.25) is 44.1 Å². The van der Waals surface area contributed by atoms with Crippen molar-refractivity contribution >= 4 is 17.6 Å². The Labute approximate surface area is 824 Å². The van der Waals surface area contributed by atoms with Gasteiger partial charge in [0.2, 0.25) is 0 Å². The van der Waals surface area contributed by atoms with Crippen LogP contribution in [-0.2, 0) is 102 Å². The van der Waals surface area contributed by atoms with Crippen LogP contribution in [0.1, 0.15) is 158 Å². The van der Waals surface area contributed by atoms with Crippen LogP contribution >= 0.6 is 0 Å². The molecule has 718 valence electrons. The van der Waals surface area contributed by atoms with Crippen molar-refractivity contribution in [3.8, 4) is 96.1 Å². The zero-order chi connectivity index (χ0) is 96.3. The second-order valence-corrected chi connectivity index (χ2v) is 30.0. The second-order valence-electron chi connectivity index (χ2n) is 30.0. The maximum atomic E-state index is 13.1. The van der Waals surface area contributed by atoms with E-state index in [0.29, 0.717) is 98.9 Å². The molecule has 0 aliphatic carbocycles. The number of aliphatic hydroxyl groups excluding tert-OH is 8. The van der Waals surface area contributed by atoms with E-state index in [0.717, 1.165) is 86.4 Å². The summed E-state index contributed by atoms with van der Waals surface area (Å²) in [4.78, 5) is 63.1. The molecule has 0 amide bonds. The third-order valence-electron chi connectivity index (χ3n) is 18.1. The summed E-state index contributed by atoms with van der Waals surface area (Å²) in [6.07, 6.45) is -8.45. The molecule has 8 unspecified atom stereocenters. The third-order valence-corrected chi connectivity index (χ3v) is 18.1. The van der Waals surface area contributed by atoms with Crippen LogP contribution in [-0.4, -0.2) is 156 Å². The van der Waals surface area contributed by atoms with Crippen molar-refractivity contribution in [2.24, 2.45) is 0 Å². The summed E-state index contributed by atoms with van der Waals surface area (Å²) in [6.45, 7) is 33.2. The molecule has 0 spiro atoms. The molecule has 22 nitrogen and oxygen atoms in total. The molecule has 34 heteroatoms. The Balaban J connectivity index is 0.000000802. The van der Waals surface area contributed by atoms with Crippen LogP contribution in [0.2, 0.25) is 0 Å². The molecule has 8 aromatic carbocycles. The number of carbonyl (C=O) groups is 2. The van der Waals surface area contributed by atoms with Crippen LogP contribution in [0.3, 0.4) is 0 Å². The van der Waals surface area contributed by atoms with E-state index in [-0.39, 0.29) is 158 Å². The van der Waals surface area contributed by atoms with E-state index in [9.17, 15) is 44.7 Å². The first kappa shape index (κ1) is 121. The van der Waals surface area contributed by atoms with Crippen molar-refractivity contribution in [1.29, 1.82) is 5.26 Å². The average molecular weight is 2550 g/mol. The molecule has 12 aromatic rings. The number of hydrogen-bond donors (Lipinski definition) is 8. The third kappa shape index (κ3) is 40.8. The Bertz CT molecular complexity index is 5310. The summed E-state index contributed by atoms with van der Waals surface area (Å²) in [6, 6.07) is 55.7. The molecule has 8 N–H and O–H groups in total. The van der Waals surface area contributed by atoms with Gasteiger partial charge < -0.3 is 55.3 Å². The number of aromatic nitrogens is 8. The minimum absolute atomic E-state index is 0. The molecule has 0 aliphatic rings. The van der Waals surface area contributed by atoms with Gasteiger partial charge in [0.15, 0.2) is 5.69 Å². The largest absolute Gasteiger partial charge is 0.472 e. The molecule has 8 atom stereocenters. The fourth-order valence-corrected chi connectivity index (χ4v) is 11.6. The summed E-state index contributed by atoms with van der Waals surface area (Å²) >= 11 is 0. The first-order chi connectivity index (χ1) is 60.7. The molecule has 12 rings (SSSR count). The van der Waals surface area contributed by atoms with Gasteiger partial charge in [-0.25, -0.2) is 19.3 Å². The Morgan fingerprint density at radius 1 is 0.376 bits per heavy atom. The maximum absolute atomic E-state index is 13.1. The first-order valence-corrected chi connectivity index (χ1v) is 40.4. The summed E-state index contributed by atoms with van der Waals surface area (Å²) in [5.74, 6) is -1.49. The zero-order valence-electron chi connectivity index (χ0n) is 75.7. The van der Waals surface area contributed by atoms with Gasteiger partial charge in [0.25, 0.3) is 5.97 Å². The summed E-state index contributed by atoms with van der Waals surface area (Å²) in [5, 5.41) is 77.4. The molecule has 4 heterocycles. The van der Waals surface area contributed by atoms with Gasteiger partial charge >= 0.3 is 18.3 Å². The van der Waals surface area contributed by atoms with Crippen molar-refractivity contribution in [2.75, 3.05) is 14.2 Å². The number of hydrogen-bond acceptors (Lipinski definition) is 21. The Hall–Kier alpha value is -10.3. The van der Waals surface area contributed by atoms with Crippen molar-refractivity contribution in [2.45, 2.75) is 191 Å². The van der Waals surface area contributed by atoms with E-state index >= 15 is 0 Å². The van der Waals surface area contributed by atoms with Crippen LogP contribution in [0.4, 0.5) is 40.8 Å². The number of nitrogens with zero attached hydrogens (tertiary/aromatic N) is 10. The Morgan fingerprint density at radius 2 is 0.662 bits per heavy atom. The monoisotopic (exact) mass is 2550 g/mol. The zero-order valence-corrected chi connectivity index (χ0v) is 85.3. The standard InChI is InChI=1S/C22H19N2O4.C20H13F6N2.C20H13N4.C17H11F2N2.4C5H12O2.4Ir/c1-13-14(2)24-20(16-7-11-18(12-8-16)22(26)28-4)19(23-13)15-5-9-17(10-6-15)21(25)27-3;1-11-12(2)28-18(14-5-9-16(10-6-14)20(24,25)26)17(27-11)13-3-7-15(8-4-13)19(21,22)23;1-13-14(2)24-20(17-8-10-18(22-3)11-9-17)19(23-13)16-6-4-15(12-21)5-7-16;1-11-10-20-16(12-2-6-14(18)7-3-12)17(21-11)13-4-8-15(19)9-5-13;4*1-4(6)3-5(2)7;;;;/h5-7,9-12H,1-4H3;3-5,7-10H,1-2H3;4-6,8-11H,1-2H3;2,4-10H,1H3;4*4-7H,3H2,1-2H3;;;;/q4*-1;;;;;;;;. The second kappa shape index (κ2) is 58.8. The van der Waals surface area contributed by atoms with Crippen LogP contribution in [0.25, 0.3) is 94.9 Å². The minimum Gasteiger partial charge on any atom is -0.472 e. The predicted octanol–water partition coefficient (Wildman–Crippen LogP) is 19.5. The molecule has 0 saturated heterocycles. The summed E-state index contributed by atoms with van der Waals surface area (Å²) in [5.41, 5.74) is 15.2. The fraction of sp³-hybridized carbons (Fsp3) is 0.313. The van der Waals surface area contributed by atoms with Crippen LogP contribution in [0.5, 0.6) is 0 Å². The van der Waals surface area contributed by atoms with Gasteiger partial charge in [-0.1, -0.05) is 60.7 Å². The van der Waals surface area contributed by atoms with Crippen LogP contribution in [0.15, 0.2) is 176 Å². The number of alkyl halides is 6. The predicted molar refractivity (Wildman–Crippen MR) is 476 cm³/mol. The molecule has 4 radical (unpaired) electrons. The molecular formula is C99H104F8Ir4N10O12-4. The number of esters is 2. The molecule has 0 saturated carbocycles. The molecular weight excluding hydrogens is 2440 g/mol. The normalized spacial score (nSPS) is 12.2. The number of methoxy groups -OCH3 is 2. The SMILES string of the molecule is CC(O)CC(C)O.CC(O)CC(C)O.CC(O)CC(C)O.CC(O)CC(C)O.COC(=O)c1c[c-]c(-c2nc(C)c(C)nc2-c2ccc(C(=O)OC)cc2)cc1.Cc1cnc(-c2[c-]cc(F)cc2)c(-c2ccc(F)cc2)n1.Cc1nc(-c2[c-]cc(C(F)(F)F)cc2)c(-c2ccc(C(F)(F)F)cc2)nc1C.[C-]#[N+]c1ccc(-c2nc(C)c(C)nc2-c2[c-]cc(C#N)cc2)cc1.[Ir].[Ir].[Ir].[Ir]. The Kier molecular flexibility index (Phi) is 53.4.